The van der Waals surface area contributed by atoms with Crippen molar-refractivity contribution in [2.75, 3.05) is 6.54 Å². The van der Waals surface area contributed by atoms with E-state index in [-0.39, 0.29) is 0 Å². The minimum atomic E-state index is 0.763. The van der Waals surface area contributed by atoms with Gasteiger partial charge in [0.2, 0.25) is 0 Å². The summed E-state index contributed by atoms with van der Waals surface area (Å²) in [6.45, 7) is 3.19. The largest absolute Gasteiger partial charge is 0.310 e. The Morgan fingerprint density at radius 2 is 2.29 bits per heavy atom. The highest BCUT2D eigenvalue weighted by atomic mass is 79.9. The van der Waals surface area contributed by atoms with E-state index in [0.717, 1.165) is 28.5 Å². The predicted molar refractivity (Wildman–Crippen MR) is 78.4 cm³/mol. The minimum Gasteiger partial charge on any atom is -0.310 e. The first-order chi connectivity index (χ1) is 8.19. The number of hydrogen-bond donors (Lipinski definition) is 1. The topological polar surface area (TPSA) is 12.0 Å². The SMILES string of the molecule is CC/C(=C/c1ccc(Cl)cc1Br)CNC1CC1. The molecule has 17 heavy (non-hydrogen) atoms. The number of halogens is 2. The second-order valence-corrected chi connectivity index (χ2v) is 5.77. The molecule has 0 atom stereocenters. The first-order valence-electron chi connectivity index (χ1n) is 6.07. The first kappa shape index (κ1) is 13.1. The van der Waals surface area contributed by atoms with Gasteiger partial charge in [0.1, 0.15) is 0 Å². The van der Waals surface area contributed by atoms with Gasteiger partial charge < -0.3 is 5.32 Å². The molecule has 0 bridgehead atoms. The van der Waals surface area contributed by atoms with E-state index in [4.69, 9.17) is 11.6 Å². The molecule has 0 saturated heterocycles. The summed E-state index contributed by atoms with van der Waals surface area (Å²) in [4.78, 5) is 0. The lowest BCUT2D eigenvalue weighted by Crippen LogP contribution is -2.18. The quantitative estimate of drug-likeness (QED) is 0.834. The van der Waals surface area contributed by atoms with Gasteiger partial charge in [-0.3, -0.25) is 0 Å². The maximum Gasteiger partial charge on any atom is 0.0417 e. The summed E-state index contributed by atoms with van der Waals surface area (Å²) < 4.78 is 1.06. The maximum atomic E-state index is 5.94. The summed E-state index contributed by atoms with van der Waals surface area (Å²) in [6, 6.07) is 6.69. The van der Waals surface area contributed by atoms with Crippen LogP contribution >= 0.6 is 27.5 Å². The van der Waals surface area contributed by atoms with E-state index < -0.39 is 0 Å². The van der Waals surface area contributed by atoms with Crippen LogP contribution in [0.3, 0.4) is 0 Å². The maximum absolute atomic E-state index is 5.94. The van der Waals surface area contributed by atoms with Gasteiger partial charge in [0.15, 0.2) is 0 Å². The molecular formula is C14H17BrClN. The summed E-state index contributed by atoms with van der Waals surface area (Å²) in [5, 5.41) is 4.32. The van der Waals surface area contributed by atoms with Gasteiger partial charge in [-0.15, -0.1) is 0 Å². The van der Waals surface area contributed by atoms with Gasteiger partial charge in [-0.1, -0.05) is 52.2 Å². The zero-order valence-corrected chi connectivity index (χ0v) is 12.3. The molecule has 92 valence electrons. The van der Waals surface area contributed by atoms with Crippen molar-refractivity contribution in [2.24, 2.45) is 0 Å². The van der Waals surface area contributed by atoms with Crippen molar-refractivity contribution in [3.8, 4) is 0 Å². The molecule has 0 heterocycles. The van der Waals surface area contributed by atoms with Gasteiger partial charge in [0, 0.05) is 22.1 Å². The molecule has 2 rings (SSSR count). The van der Waals surface area contributed by atoms with Crippen molar-refractivity contribution < 1.29 is 0 Å². The number of nitrogens with one attached hydrogen (secondary N) is 1. The second-order valence-electron chi connectivity index (χ2n) is 4.48. The fourth-order valence-corrected chi connectivity index (χ4v) is 2.48. The molecule has 0 amide bonds. The van der Waals surface area contributed by atoms with E-state index >= 15 is 0 Å². The molecule has 1 aliphatic rings. The fourth-order valence-electron chi connectivity index (χ4n) is 1.68. The summed E-state index contributed by atoms with van der Waals surface area (Å²) >= 11 is 9.48. The average Bonchev–Trinajstić information content (AvgIpc) is 3.11. The van der Waals surface area contributed by atoms with Crippen LogP contribution in [0.4, 0.5) is 0 Å². The normalized spacial score (nSPS) is 16.3. The summed E-state index contributed by atoms with van der Waals surface area (Å²) in [5.74, 6) is 0. The van der Waals surface area contributed by atoms with Crippen LogP contribution in [0.5, 0.6) is 0 Å². The van der Waals surface area contributed by atoms with Crippen molar-refractivity contribution in [3.63, 3.8) is 0 Å². The third kappa shape index (κ3) is 4.13. The molecule has 0 aliphatic heterocycles. The van der Waals surface area contributed by atoms with Crippen LogP contribution in [0.1, 0.15) is 31.7 Å². The number of rotatable bonds is 5. The van der Waals surface area contributed by atoms with Crippen molar-refractivity contribution in [2.45, 2.75) is 32.2 Å². The highest BCUT2D eigenvalue weighted by molar-refractivity contribution is 9.10. The molecular weight excluding hydrogens is 298 g/mol. The molecule has 1 aliphatic carbocycles. The van der Waals surface area contributed by atoms with Gasteiger partial charge in [-0.05, 0) is 37.0 Å². The molecule has 1 aromatic rings. The molecule has 1 fully saturated rings. The first-order valence-corrected chi connectivity index (χ1v) is 7.24. The van der Waals surface area contributed by atoms with Crippen molar-refractivity contribution in [3.05, 3.63) is 38.8 Å². The summed E-state index contributed by atoms with van der Waals surface area (Å²) in [5.41, 5.74) is 2.63. The summed E-state index contributed by atoms with van der Waals surface area (Å²) in [6.07, 6.45) is 5.99. The van der Waals surface area contributed by atoms with Crippen LogP contribution in [0.15, 0.2) is 28.2 Å². The lowest BCUT2D eigenvalue weighted by atomic mass is 10.1. The third-order valence-electron chi connectivity index (χ3n) is 2.97. The fraction of sp³-hybridized carbons (Fsp3) is 0.429. The highest BCUT2D eigenvalue weighted by Gasteiger charge is 2.20. The predicted octanol–water partition coefficient (Wildman–Crippen LogP) is 4.65. The van der Waals surface area contributed by atoms with E-state index in [1.807, 2.05) is 12.1 Å². The van der Waals surface area contributed by atoms with Gasteiger partial charge in [0.25, 0.3) is 0 Å². The van der Waals surface area contributed by atoms with Crippen molar-refractivity contribution >= 4 is 33.6 Å². The zero-order chi connectivity index (χ0) is 12.3. The molecule has 0 unspecified atom stereocenters. The van der Waals surface area contributed by atoms with Crippen LogP contribution in [-0.4, -0.2) is 12.6 Å². The molecule has 3 heteroatoms. The average molecular weight is 315 g/mol. The van der Waals surface area contributed by atoms with Crippen LogP contribution in [0.25, 0.3) is 6.08 Å². The Morgan fingerprint density at radius 3 is 2.88 bits per heavy atom. The third-order valence-corrected chi connectivity index (χ3v) is 3.89. The monoisotopic (exact) mass is 313 g/mol. The highest BCUT2D eigenvalue weighted by Crippen LogP contribution is 2.24. The van der Waals surface area contributed by atoms with Gasteiger partial charge in [-0.25, -0.2) is 0 Å². The van der Waals surface area contributed by atoms with E-state index in [9.17, 15) is 0 Å². The van der Waals surface area contributed by atoms with E-state index in [1.54, 1.807) is 0 Å². The number of hydrogen-bond acceptors (Lipinski definition) is 1. The molecule has 0 aromatic heterocycles. The molecule has 0 radical (unpaired) electrons. The zero-order valence-electron chi connectivity index (χ0n) is 9.97. The van der Waals surface area contributed by atoms with Gasteiger partial charge in [0.05, 0.1) is 0 Å². The van der Waals surface area contributed by atoms with E-state index in [1.165, 1.54) is 24.0 Å². The minimum absolute atomic E-state index is 0.763. The van der Waals surface area contributed by atoms with E-state index in [0.29, 0.717) is 0 Å². The molecule has 1 aromatic carbocycles. The molecule has 1 nitrogen and oxygen atoms in total. The van der Waals surface area contributed by atoms with Gasteiger partial charge in [-0.2, -0.15) is 0 Å². The number of benzene rings is 1. The Kier molecular flexibility index (Phi) is 4.66. The molecule has 1 saturated carbocycles. The van der Waals surface area contributed by atoms with Crippen molar-refractivity contribution in [1.82, 2.24) is 5.32 Å². The Labute approximate surface area is 116 Å². The van der Waals surface area contributed by atoms with Gasteiger partial charge >= 0.3 is 0 Å². The smallest absolute Gasteiger partial charge is 0.0417 e. The Balaban J connectivity index is 2.07. The van der Waals surface area contributed by atoms with Crippen LogP contribution in [0, 0.1) is 0 Å². The van der Waals surface area contributed by atoms with Crippen LogP contribution in [0.2, 0.25) is 5.02 Å². The molecule has 0 spiro atoms. The molecule has 1 N–H and O–H groups in total. The van der Waals surface area contributed by atoms with E-state index in [2.05, 4.69) is 40.3 Å². The van der Waals surface area contributed by atoms with Crippen LogP contribution < -0.4 is 5.32 Å². The lowest BCUT2D eigenvalue weighted by molar-refractivity contribution is 0.723. The van der Waals surface area contributed by atoms with Crippen LogP contribution in [-0.2, 0) is 0 Å². The Morgan fingerprint density at radius 1 is 1.53 bits per heavy atom. The lowest BCUT2D eigenvalue weighted by Gasteiger charge is -2.07. The standard InChI is InChI=1S/C14H17BrClN/c1-2-10(9-17-13-5-6-13)7-11-3-4-12(16)8-14(11)15/h3-4,7-8,13,17H,2,5-6,9H2,1H3/b10-7-. The Hall–Kier alpha value is -0.310. The Bertz CT molecular complexity index is 424. The second kappa shape index (κ2) is 6.03. The van der Waals surface area contributed by atoms with Crippen molar-refractivity contribution in [1.29, 1.82) is 0 Å². The summed E-state index contributed by atoms with van der Waals surface area (Å²) in [7, 11) is 0.